The summed E-state index contributed by atoms with van der Waals surface area (Å²) in [6, 6.07) is 6.58. The number of carbonyl (C=O) groups is 1. The maximum Gasteiger partial charge on any atom is 0.306 e. The lowest BCUT2D eigenvalue weighted by molar-refractivity contribution is -0.141. The van der Waals surface area contributed by atoms with Crippen molar-refractivity contribution >= 4 is 5.97 Å². The van der Waals surface area contributed by atoms with Crippen LogP contribution in [0.2, 0.25) is 0 Å². The summed E-state index contributed by atoms with van der Waals surface area (Å²) < 4.78 is 0. The molecule has 0 aliphatic rings. The van der Waals surface area contributed by atoms with E-state index >= 15 is 0 Å². The third kappa shape index (κ3) is 2.78. The Kier molecular flexibility index (Phi) is 2.90. The van der Waals surface area contributed by atoms with Gasteiger partial charge in [0, 0.05) is 0 Å². The van der Waals surface area contributed by atoms with Crippen LogP contribution in [0.25, 0.3) is 0 Å². The van der Waals surface area contributed by atoms with Crippen LogP contribution in [-0.2, 0) is 11.2 Å². The van der Waals surface area contributed by atoms with E-state index in [0.29, 0.717) is 6.42 Å². The summed E-state index contributed by atoms with van der Waals surface area (Å²) in [6.07, 6.45) is 0.496. The number of phenols is 1. The van der Waals surface area contributed by atoms with Gasteiger partial charge in [-0.2, -0.15) is 0 Å². The second-order valence-electron chi connectivity index (χ2n) is 3.11. The molecule has 0 saturated heterocycles. The minimum Gasteiger partial charge on any atom is -0.508 e. The normalized spacial score (nSPS) is 12.4. The molecule has 0 radical (unpaired) electrons. The van der Waals surface area contributed by atoms with E-state index in [1.165, 1.54) is 0 Å². The van der Waals surface area contributed by atoms with Gasteiger partial charge in [0.2, 0.25) is 0 Å². The molecule has 70 valence electrons. The minimum absolute atomic E-state index is 0.201. The highest BCUT2D eigenvalue weighted by molar-refractivity contribution is 5.69. The van der Waals surface area contributed by atoms with Crippen molar-refractivity contribution in [2.45, 2.75) is 13.3 Å². The number of benzene rings is 1. The zero-order valence-electron chi connectivity index (χ0n) is 7.40. The van der Waals surface area contributed by atoms with Crippen molar-refractivity contribution in [2.75, 3.05) is 0 Å². The van der Waals surface area contributed by atoms with Gasteiger partial charge in [0.05, 0.1) is 5.92 Å². The van der Waals surface area contributed by atoms with E-state index in [-0.39, 0.29) is 11.7 Å². The predicted molar refractivity (Wildman–Crippen MR) is 48.6 cm³/mol. The highest BCUT2D eigenvalue weighted by Crippen LogP contribution is 2.13. The molecular formula is C10H12O3. The first-order valence-corrected chi connectivity index (χ1v) is 4.10. The summed E-state index contributed by atoms with van der Waals surface area (Å²) in [7, 11) is 0. The Hall–Kier alpha value is -1.51. The van der Waals surface area contributed by atoms with Gasteiger partial charge >= 0.3 is 5.97 Å². The highest BCUT2D eigenvalue weighted by Gasteiger charge is 2.10. The van der Waals surface area contributed by atoms with Crippen LogP contribution in [0.3, 0.4) is 0 Å². The number of aromatic hydroxyl groups is 1. The average molecular weight is 180 g/mol. The minimum atomic E-state index is -0.798. The van der Waals surface area contributed by atoms with Crippen LogP contribution >= 0.6 is 0 Å². The largest absolute Gasteiger partial charge is 0.508 e. The first-order valence-electron chi connectivity index (χ1n) is 4.10. The standard InChI is InChI=1S/C10H12O3/c1-7(10(12)13)6-8-2-4-9(11)5-3-8/h2-5,7,11H,6H2,1H3,(H,12,13). The first kappa shape index (κ1) is 9.58. The molecule has 0 spiro atoms. The molecule has 2 N–H and O–H groups in total. The Morgan fingerprint density at radius 3 is 2.38 bits per heavy atom. The van der Waals surface area contributed by atoms with Crippen molar-refractivity contribution in [2.24, 2.45) is 5.92 Å². The van der Waals surface area contributed by atoms with E-state index < -0.39 is 5.97 Å². The Labute approximate surface area is 76.6 Å². The lowest BCUT2D eigenvalue weighted by Crippen LogP contribution is -2.11. The fraction of sp³-hybridized carbons (Fsp3) is 0.300. The SMILES string of the molecule is CC(Cc1ccc(O)cc1)C(=O)O. The average Bonchev–Trinajstić information content (AvgIpc) is 2.08. The summed E-state index contributed by atoms with van der Waals surface area (Å²) >= 11 is 0. The van der Waals surface area contributed by atoms with Gasteiger partial charge in [-0.3, -0.25) is 4.79 Å². The molecule has 3 nitrogen and oxygen atoms in total. The van der Waals surface area contributed by atoms with E-state index in [4.69, 9.17) is 10.2 Å². The molecule has 1 rings (SSSR count). The van der Waals surface area contributed by atoms with Gasteiger partial charge in [-0.05, 0) is 24.1 Å². The fourth-order valence-electron chi connectivity index (χ4n) is 1.07. The molecule has 0 fully saturated rings. The highest BCUT2D eigenvalue weighted by atomic mass is 16.4. The topological polar surface area (TPSA) is 57.5 Å². The van der Waals surface area contributed by atoms with Crippen molar-refractivity contribution in [1.82, 2.24) is 0 Å². The van der Waals surface area contributed by atoms with Gasteiger partial charge < -0.3 is 10.2 Å². The first-order chi connectivity index (χ1) is 6.09. The van der Waals surface area contributed by atoms with Crippen LogP contribution in [-0.4, -0.2) is 16.2 Å². The van der Waals surface area contributed by atoms with Gasteiger partial charge in [0.1, 0.15) is 5.75 Å². The molecule has 1 aromatic carbocycles. The van der Waals surface area contributed by atoms with Crippen LogP contribution in [0.15, 0.2) is 24.3 Å². The smallest absolute Gasteiger partial charge is 0.306 e. The van der Waals surface area contributed by atoms with Crippen LogP contribution in [0.4, 0.5) is 0 Å². The fourth-order valence-corrected chi connectivity index (χ4v) is 1.07. The monoisotopic (exact) mass is 180 g/mol. The van der Waals surface area contributed by atoms with Crippen LogP contribution < -0.4 is 0 Å². The van der Waals surface area contributed by atoms with Gasteiger partial charge in [0.15, 0.2) is 0 Å². The van der Waals surface area contributed by atoms with Gasteiger partial charge in [-0.25, -0.2) is 0 Å². The molecule has 0 aliphatic heterocycles. The van der Waals surface area contributed by atoms with Crippen molar-refractivity contribution in [3.05, 3.63) is 29.8 Å². The lowest BCUT2D eigenvalue weighted by Gasteiger charge is -2.05. The maximum absolute atomic E-state index is 10.5. The number of phenolic OH excluding ortho intramolecular Hbond substituents is 1. The molecule has 1 unspecified atom stereocenters. The summed E-state index contributed by atoms with van der Waals surface area (Å²) in [5.41, 5.74) is 0.924. The Balaban J connectivity index is 2.64. The molecule has 13 heavy (non-hydrogen) atoms. The van der Waals surface area contributed by atoms with Crippen LogP contribution in [0.1, 0.15) is 12.5 Å². The number of hydrogen-bond acceptors (Lipinski definition) is 2. The zero-order valence-corrected chi connectivity index (χ0v) is 7.40. The van der Waals surface area contributed by atoms with Gasteiger partial charge in [0.25, 0.3) is 0 Å². The van der Waals surface area contributed by atoms with E-state index in [0.717, 1.165) is 5.56 Å². The van der Waals surface area contributed by atoms with Crippen molar-refractivity contribution < 1.29 is 15.0 Å². The number of hydrogen-bond donors (Lipinski definition) is 2. The third-order valence-electron chi connectivity index (χ3n) is 1.90. The molecular weight excluding hydrogens is 168 g/mol. The molecule has 3 heteroatoms. The van der Waals surface area contributed by atoms with Crippen molar-refractivity contribution in [3.63, 3.8) is 0 Å². The molecule has 0 heterocycles. The number of carboxylic acid groups (broad SMARTS) is 1. The molecule has 1 atom stereocenters. The molecule has 0 bridgehead atoms. The zero-order chi connectivity index (χ0) is 9.84. The van der Waals surface area contributed by atoms with E-state index in [1.807, 2.05) is 0 Å². The third-order valence-corrected chi connectivity index (χ3v) is 1.90. The summed E-state index contributed by atoms with van der Waals surface area (Å²) in [4.78, 5) is 10.5. The van der Waals surface area contributed by atoms with E-state index in [2.05, 4.69) is 0 Å². The molecule has 0 aliphatic carbocycles. The van der Waals surface area contributed by atoms with E-state index in [1.54, 1.807) is 31.2 Å². The summed E-state index contributed by atoms with van der Waals surface area (Å²) in [5.74, 6) is -0.982. The van der Waals surface area contributed by atoms with Crippen molar-refractivity contribution in [3.8, 4) is 5.75 Å². The number of rotatable bonds is 3. The molecule has 0 saturated carbocycles. The van der Waals surface area contributed by atoms with Gasteiger partial charge in [-0.15, -0.1) is 0 Å². The van der Waals surface area contributed by atoms with E-state index in [9.17, 15) is 4.79 Å². The second kappa shape index (κ2) is 3.94. The molecule has 1 aromatic rings. The summed E-state index contributed by atoms with van der Waals surface area (Å²) in [5, 5.41) is 17.6. The summed E-state index contributed by atoms with van der Waals surface area (Å²) in [6.45, 7) is 1.66. The molecule has 0 amide bonds. The van der Waals surface area contributed by atoms with Crippen molar-refractivity contribution in [1.29, 1.82) is 0 Å². The quantitative estimate of drug-likeness (QED) is 0.743. The number of aliphatic carboxylic acids is 1. The second-order valence-corrected chi connectivity index (χ2v) is 3.11. The lowest BCUT2D eigenvalue weighted by atomic mass is 10.0. The maximum atomic E-state index is 10.5. The Morgan fingerprint density at radius 2 is 1.92 bits per heavy atom. The predicted octanol–water partition coefficient (Wildman–Crippen LogP) is 1.66. The Morgan fingerprint density at radius 1 is 1.38 bits per heavy atom. The Bertz CT molecular complexity index is 290. The molecule has 0 aromatic heterocycles. The van der Waals surface area contributed by atoms with Crippen LogP contribution in [0, 0.1) is 5.92 Å². The van der Waals surface area contributed by atoms with Crippen LogP contribution in [0.5, 0.6) is 5.75 Å². The van der Waals surface area contributed by atoms with Gasteiger partial charge in [-0.1, -0.05) is 19.1 Å². The number of carboxylic acids is 1.